The number of benzene rings is 1. The Bertz CT molecular complexity index is 1600. The Kier molecular flexibility index (Phi) is 7.75. The van der Waals surface area contributed by atoms with Crippen molar-refractivity contribution in [1.82, 2.24) is 19.4 Å². The lowest BCUT2D eigenvalue weighted by Gasteiger charge is -2.40. The number of anilines is 1. The molecule has 0 unspecified atom stereocenters. The summed E-state index contributed by atoms with van der Waals surface area (Å²) in [6, 6.07) is 12.0. The highest BCUT2D eigenvalue weighted by Crippen LogP contribution is 2.38. The van der Waals surface area contributed by atoms with E-state index in [1.165, 1.54) is 11.6 Å². The van der Waals surface area contributed by atoms with E-state index in [4.69, 9.17) is 4.74 Å². The minimum Gasteiger partial charge on any atom is -0.491 e. The fourth-order valence-electron chi connectivity index (χ4n) is 6.05. The zero-order chi connectivity index (χ0) is 28.5. The third-order valence-corrected chi connectivity index (χ3v) is 8.29. The van der Waals surface area contributed by atoms with Crippen LogP contribution in [0.1, 0.15) is 61.2 Å². The minimum atomic E-state index is -0.491. The molecule has 0 amide bonds. The number of hydrogen-bond donors (Lipinski definition) is 0. The highest BCUT2D eigenvalue weighted by Gasteiger charge is 2.30. The van der Waals surface area contributed by atoms with Crippen molar-refractivity contribution in [2.24, 2.45) is 0 Å². The number of piperidine rings is 1. The van der Waals surface area contributed by atoms with Gasteiger partial charge >= 0.3 is 0 Å². The number of rotatable bonds is 9. The van der Waals surface area contributed by atoms with Crippen LogP contribution in [0, 0.1) is 19.7 Å². The average molecular weight is 556 g/mol. The molecule has 8 heteroatoms. The standard InChI is InChI=1S/C33H38FN5O2/c1-4-41-32-16-31-29(15-30(32)34)33(40)25(20-39(31)26-9-10-26)19-38(18-24-11-12-35-23(3)14-24)28-6-5-13-37(21-28)27-8-7-22(2)36-17-27/h7-8,11-12,14-17,20,26,28H,4-6,9-10,13,18-19,21H2,1-3H3/t28-/m0/s1. The van der Waals surface area contributed by atoms with E-state index in [2.05, 4.69) is 48.6 Å². The maximum atomic E-state index is 15.0. The molecule has 1 aliphatic carbocycles. The second-order valence-corrected chi connectivity index (χ2v) is 11.5. The highest BCUT2D eigenvalue weighted by molar-refractivity contribution is 5.81. The van der Waals surface area contributed by atoms with Crippen LogP contribution in [0.15, 0.2) is 59.8 Å². The second kappa shape index (κ2) is 11.6. The summed E-state index contributed by atoms with van der Waals surface area (Å²) in [6.45, 7) is 9.23. The Balaban J connectivity index is 1.37. The molecule has 214 valence electrons. The molecular weight excluding hydrogens is 517 g/mol. The van der Waals surface area contributed by atoms with E-state index >= 15 is 0 Å². The summed E-state index contributed by atoms with van der Waals surface area (Å²) < 4.78 is 22.7. The predicted molar refractivity (Wildman–Crippen MR) is 160 cm³/mol. The first kappa shape index (κ1) is 27.4. The van der Waals surface area contributed by atoms with Gasteiger partial charge in [-0.05, 0) is 82.3 Å². The SMILES string of the molecule is CCOc1cc2c(cc1F)c(=O)c(CN(Cc1ccnc(C)c1)[C@H]1CCCN(c3ccc(C)nc3)C1)cn2C1CC1. The molecule has 0 N–H and O–H groups in total. The number of pyridine rings is 3. The molecule has 0 spiro atoms. The van der Waals surface area contributed by atoms with Crippen LogP contribution >= 0.6 is 0 Å². The zero-order valence-electron chi connectivity index (χ0n) is 24.1. The molecule has 0 bridgehead atoms. The van der Waals surface area contributed by atoms with Crippen molar-refractivity contribution >= 4 is 16.6 Å². The molecule has 1 saturated heterocycles. The van der Waals surface area contributed by atoms with Crippen LogP contribution in [0.5, 0.6) is 5.75 Å². The molecule has 1 saturated carbocycles. The Morgan fingerprint density at radius 3 is 2.63 bits per heavy atom. The summed E-state index contributed by atoms with van der Waals surface area (Å²) >= 11 is 0. The second-order valence-electron chi connectivity index (χ2n) is 11.5. The predicted octanol–water partition coefficient (Wildman–Crippen LogP) is 5.95. The van der Waals surface area contributed by atoms with Crippen molar-refractivity contribution in [3.8, 4) is 5.75 Å². The van der Waals surface area contributed by atoms with Gasteiger partial charge in [-0.25, -0.2) is 4.39 Å². The van der Waals surface area contributed by atoms with Gasteiger partial charge in [0.2, 0.25) is 0 Å². The number of hydrogen-bond acceptors (Lipinski definition) is 6. The van der Waals surface area contributed by atoms with Crippen molar-refractivity contribution in [2.75, 3.05) is 24.6 Å². The molecule has 41 heavy (non-hydrogen) atoms. The fourth-order valence-corrected chi connectivity index (χ4v) is 6.05. The minimum absolute atomic E-state index is 0.106. The van der Waals surface area contributed by atoms with Crippen molar-refractivity contribution in [3.05, 3.63) is 93.5 Å². The molecule has 1 aliphatic heterocycles. The van der Waals surface area contributed by atoms with Crippen LogP contribution < -0.4 is 15.1 Å². The van der Waals surface area contributed by atoms with Gasteiger partial charge in [-0.15, -0.1) is 0 Å². The Labute approximate surface area is 240 Å². The molecule has 1 atom stereocenters. The van der Waals surface area contributed by atoms with E-state index in [9.17, 15) is 9.18 Å². The number of fused-ring (bicyclic) bond motifs is 1. The van der Waals surface area contributed by atoms with E-state index in [0.29, 0.717) is 36.7 Å². The molecule has 2 aliphatic rings. The normalized spacial score (nSPS) is 17.4. The third kappa shape index (κ3) is 5.98. The lowest BCUT2D eigenvalue weighted by molar-refractivity contribution is 0.158. The van der Waals surface area contributed by atoms with Crippen molar-refractivity contribution in [2.45, 2.75) is 71.6 Å². The smallest absolute Gasteiger partial charge is 0.193 e. The number of aromatic nitrogens is 3. The van der Waals surface area contributed by atoms with E-state index in [1.807, 2.05) is 39.4 Å². The van der Waals surface area contributed by atoms with Gasteiger partial charge in [0, 0.05) is 79.1 Å². The van der Waals surface area contributed by atoms with Gasteiger partial charge in [0.1, 0.15) is 0 Å². The first-order valence-corrected chi connectivity index (χ1v) is 14.7. The van der Waals surface area contributed by atoms with Gasteiger partial charge < -0.3 is 14.2 Å². The highest BCUT2D eigenvalue weighted by atomic mass is 19.1. The number of halogens is 1. The summed E-state index contributed by atoms with van der Waals surface area (Å²) in [5.74, 6) is -0.293. The molecule has 2 fully saturated rings. The lowest BCUT2D eigenvalue weighted by atomic mass is 10.0. The first-order chi connectivity index (χ1) is 19.9. The van der Waals surface area contributed by atoms with E-state index < -0.39 is 5.82 Å². The largest absolute Gasteiger partial charge is 0.491 e. The summed E-state index contributed by atoms with van der Waals surface area (Å²) in [6.07, 6.45) is 10.0. The molecular formula is C33H38FN5O2. The Morgan fingerprint density at radius 1 is 1.05 bits per heavy atom. The van der Waals surface area contributed by atoms with Gasteiger partial charge in [-0.2, -0.15) is 0 Å². The van der Waals surface area contributed by atoms with Crippen LogP contribution in [-0.4, -0.2) is 45.2 Å². The zero-order valence-corrected chi connectivity index (χ0v) is 24.1. The van der Waals surface area contributed by atoms with Gasteiger partial charge in [0.05, 0.1) is 24.0 Å². The molecule has 1 aromatic carbocycles. The van der Waals surface area contributed by atoms with Crippen LogP contribution in [0.2, 0.25) is 0 Å². The van der Waals surface area contributed by atoms with Crippen LogP contribution in [0.3, 0.4) is 0 Å². The van der Waals surface area contributed by atoms with E-state index in [-0.39, 0.29) is 17.2 Å². The first-order valence-electron chi connectivity index (χ1n) is 14.7. The molecule has 7 nitrogen and oxygen atoms in total. The molecule has 4 aromatic rings. The average Bonchev–Trinajstić information content (AvgIpc) is 3.81. The maximum Gasteiger partial charge on any atom is 0.193 e. The topological polar surface area (TPSA) is 63.5 Å². The van der Waals surface area contributed by atoms with E-state index in [0.717, 1.165) is 61.4 Å². The van der Waals surface area contributed by atoms with Gasteiger partial charge in [-0.3, -0.25) is 19.7 Å². The Morgan fingerprint density at radius 2 is 1.90 bits per heavy atom. The summed E-state index contributed by atoms with van der Waals surface area (Å²) in [5, 5.41) is 0.422. The van der Waals surface area contributed by atoms with Crippen LogP contribution in [-0.2, 0) is 13.1 Å². The number of aryl methyl sites for hydroxylation is 2. The monoisotopic (exact) mass is 555 g/mol. The van der Waals surface area contributed by atoms with Gasteiger partial charge in [0.15, 0.2) is 17.0 Å². The van der Waals surface area contributed by atoms with Crippen molar-refractivity contribution < 1.29 is 9.13 Å². The van der Waals surface area contributed by atoms with E-state index in [1.54, 1.807) is 6.07 Å². The quantitative estimate of drug-likeness (QED) is 0.254. The van der Waals surface area contributed by atoms with Crippen molar-refractivity contribution in [1.29, 1.82) is 0 Å². The number of nitrogens with zero attached hydrogens (tertiary/aromatic N) is 5. The third-order valence-electron chi connectivity index (χ3n) is 8.29. The lowest BCUT2D eigenvalue weighted by Crippen LogP contribution is -2.48. The summed E-state index contributed by atoms with van der Waals surface area (Å²) in [4.78, 5) is 27.6. The van der Waals surface area contributed by atoms with Crippen LogP contribution in [0.25, 0.3) is 10.9 Å². The van der Waals surface area contributed by atoms with Gasteiger partial charge in [0.25, 0.3) is 0 Å². The maximum absolute atomic E-state index is 15.0. The Hall–Kier alpha value is -3.78. The number of ether oxygens (including phenoxy) is 1. The molecule has 3 aromatic heterocycles. The van der Waals surface area contributed by atoms with Crippen molar-refractivity contribution in [3.63, 3.8) is 0 Å². The molecule has 0 radical (unpaired) electrons. The summed E-state index contributed by atoms with van der Waals surface area (Å²) in [5.41, 5.74) is 5.62. The van der Waals surface area contributed by atoms with Gasteiger partial charge in [-0.1, -0.05) is 0 Å². The fraction of sp³-hybridized carbons (Fsp3) is 0.424. The van der Waals surface area contributed by atoms with Crippen LogP contribution in [0.4, 0.5) is 10.1 Å². The summed E-state index contributed by atoms with van der Waals surface area (Å²) in [7, 11) is 0. The molecule has 4 heterocycles. The molecule has 6 rings (SSSR count).